The van der Waals surface area contributed by atoms with E-state index in [0.29, 0.717) is 12.8 Å². The van der Waals surface area contributed by atoms with E-state index in [4.69, 9.17) is 0 Å². The Morgan fingerprint density at radius 2 is 0.651 bits per heavy atom. The minimum Gasteiger partial charge on any atom is -0.390 e. The Bertz CT molecular complexity index is 569. The molecule has 0 aromatic rings. The van der Waals surface area contributed by atoms with E-state index in [0.717, 1.165) is 38.5 Å². The zero-order chi connectivity index (χ0) is 31.8. The van der Waals surface area contributed by atoms with Gasteiger partial charge in [-0.1, -0.05) is 194 Å². The molecule has 0 aliphatic rings. The molecule has 0 amide bonds. The molecule has 3 unspecified atom stereocenters. The van der Waals surface area contributed by atoms with Crippen LogP contribution in [0.25, 0.3) is 0 Å². The molecule has 0 aliphatic heterocycles. The lowest BCUT2D eigenvalue weighted by atomic mass is 9.95. The number of Topliss-reactive ketones (excluding diaryl/α,β-unsaturated/α-hetero) is 1. The Kier molecular flexibility index (Phi) is 32.5. The van der Waals surface area contributed by atoms with Crippen LogP contribution in [0.3, 0.4) is 0 Å². The highest BCUT2D eigenvalue weighted by molar-refractivity contribution is 5.86. The van der Waals surface area contributed by atoms with Crippen molar-refractivity contribution in [1.82, 2.24) is 0 Å². The Morgan fingerprint density at radius 3 is 0.977 bits per heavy atom. The van der Waals surface area contributed by atoms with Crippen LogP contribution in [0, 0.1) is 0 Å². The number of aliphatic hydroxyl groups excluding tert-OH is 4. The maximum absolute atomic E-state index is 12.4. The lowest BCUT2D eigenvalue weighted by Gasteiger charge is -2.21. The van der Waals surface area contributed by atoms with Gasteiger partial charge in [-0.25, -0.2) is 0 Å². The van der Waals surface area contributed by atoms with Gasteiger partial charge >= 0.3 is 0 Å². The molecule has 0 saturated carbocycles. The van der Waals surface area contributed by atoms with Gasteiger partial charge in [0.05, 0.1) is 12.2 Å². The zero-order valence-electron chi connectivity index (χ0n) is 28.9. The van der Waals surface area contributed by atoms with E-state index in [-0.39, 0.29) is 6.42 Å². The Hall–Kier alpha value is -0.490. The number of unbranched alkanes of at least 4 members (excludes halogenated alkanes) is 26. The van der Waals surface area contributed by atoms with E-state index in [1.807, 2.05) is 0 Å². The van der Waals surface area contributed by atoms with Gasteiger partial charge in [0.25, 0.3) is 0 Å². The third-order valence-electron chi connectivity index (χ3n) is 9.25. The van der Waals surface area contributed by atoms with Gasteiger partial charge in [0.2, 0.25) is 0 Å². The van der Waals surface area contributed by atoms with Crippen LogP contribution < -0.4 is 0 Å². The Morgan fingerprint density at radius 1 is 0.372 bits per heavy atom. The summed E-state index contributed by atoms with van der Waals surface area (Å²) in [6.45, 7) is 4.51. The Balaban J connectivity index is 3.61. The summed E-state index contributed by atoms with van der Waals surface area (Å²) in [4.78, 5) is 12.4. The highest BCUT2D eigenvalue weighted by Gasteiger charge is 2.28. The number of aliphatic hydroxyl groups is 4. The first-order valence-corrected chi connectivity index (χ1v) is 19.2. The minimum absolute atomic E-state index is 0.214. The number of ketones is 1. The summed E-state index contributed by atoms with van der Waals surface area (Å²) in [5, 5.41) is 41.0. The molecule has 0 aliphatic carbocycles. The number of rotatable bonds is 35. The van der Waals surface area contributed by atoms with Crippen LogP contribution in [-0.2, 0) is 4.79 Å². The fraction of sp³-hybridized carbons (Fsp3) is 0.974. The molecular formula is C38H76O5. The molecule has 0 heterocycles. The van der Waals surface area contributed by atoms with Crippen molar-refractivity contribution >= 4 is 5.78 Å². The maximum Gasteiger partial charge on any atom is 0.189 e. The van der Waals surface area contributed by atoms with Crippen molar-refractivity contribution in [3.63, 3.8) is 0 Å². The normalized spacial score (nSPS) is 14.6. The summed E-state index contributed by atoms with van der Waals surface area (Å²) < 4.78 is 0. The van der Waals surface area contributed by atoms with E-state index < -0.39 is 30.2 Å². The summed E-state index contributed by atoms with van der Waals surface area (Å²) in [6, 6.07) is 0. The average molecular weight is 613 g/mol. The zero-order valence-corrected chi connectivity index (χ0v) is 28.9. The van der Waals surface area contributed by atoms with E-state index in [1.165, 1.54) is 141 Å². The summed E-state index contributed by atoms with van der Waals surface area (Å²) >= 11 is 0. The quantitative estimate of drug-likeness (QED) is 0.0534. The third-order valence-corrected chi connectivity index (χ3v) is 9.25. The highest BCUT2D eigenvalue weighted by Crippen LogP contribution is 2.17. The van der Waals surface area contributed by atoms with E-state index in [9.17, 15) is 25.2 Å². The lowest BCUT2D eigenvalue weighted by molar-refractivity contribution is -0.138. The molecule has 0 radical (unpaired) electrons. The molecular weight excluding hydrogens is 536 g/mol. The first-order chi connectivity index (χ1) is 20.9. The first kappa shape index (κ1) is 42.5. The van der Waals surface area contributed by atoms with Crippen LogP contribution >= 0.6 is 0 Å². The van der Waals surface area contributed by atoms with Gasteiger partial charge in [-0.05, 0) is 12.8 Å². The molecule has 0 aromatic heterocycles. The number of hydrogen-bond acceptors (Lipinski definition) is 5. The van der Waals surface area contributed by atoms with Crippen LogP contribution in [0.5, 0.6) is 0 Å². The second-order valence-corrected chi connectivity index (χ2v) is 13.6. The smallest absolute Gasteiger partial charge is 0.189 e. The fourth-order valence-corrected chi connectivity index (χ4v) is 6.14. The van der Waals surface area contributed by atoms with Crippen LogP contribution in [0.1, 0.15) is 213 Å². The van der Waals surface area contributed by atoms with Gasteiger partial charge in [0, 0.05) is 6.42 Å². The molecule has 258 valence electrons. The van der Waals surface area contributed by atoms with Crippen molar-refractivity contribution in [1.29, 1.82) is 0 Å². The standard InChI is InChI=1S/C38H76O5/c1-3-5-7-9-11-13-15-16-17-18-19-20-21-22-24-26-28-30-32-35(40)38(43)37(42)33-36(41)34(39)31-29-27-25-23-14-12-10-8-6-4-2/h34-37,39-42H,3-33H2,1-2H3/t34?,35-,36?,37?/m1/s1. The molecule has 5 nitrogen and oxygen atoms in total. The van der Waals surface area contributed by atoms with Crippen molar-refractivity contribution in [2.45, 2.75) is 237 Å². The topological polar surface area (TPSA) is 98.0 Å². The lowest BCUT2D eigenvalue weighted by Crippen LogP contribution is -2.38. The monoisotopic (exact) mass is 613 g/mol. The number of hydrogen-bond donors (Lipinski definition) is 4. The van der Waals surface area contributed by atoms with Crippen molar-refractivity contribution in [2.75, 3.05) is 0 Å². The molecule has 4 atom stereocenters. The maximum atomic E-state index is 12.4. The second-order valence-electron chi connectivity index (χ2n) is 13.6. The molecule has 43 heavy (non-hydrogen) atoms. The van der Waals surface area contributed by atoms with Gasteiger partial charge in [-0.3, -0.25) is 4.79 Å². The molecule has 0 fully saturated rings. The van der Waals surface area contributed by atoms with Crippen molar-refractivity contribution in [2.24, 2.45) is 0 Å². The fourth-order valence-electron chi connectivity index (χ4n) is 6.14. The van der Waals surface area contributed by atoms with Crippen LogP contribution in [0.15, 0.2) is 0 Å². The molecule has 0 aromatic carbocycles. The van der Waals surface area contributed by atoms with Crippen LogP contribution in [0.2, 0.25) is 0 Å². The van der Waals surface area contributed by atoms with Gasteiger partial charge < -0.3 is 20.4 Å². The van der Waals surface area contributed by atoms with E-state index in [2.05, 4.69) is 13.8 Å². The highest BCUT2D eigenvalue weighted by atomic mass is 16.3. The van der Waals surface area contributed by atoms with Crippen LogP contribution in [0.4, 0.5) is 0 Å². The van der Waals surface area contributed by atoms with Crippen molar-refractivity contribution in [3.05, 3.63) is 0 Å². The molecule has 0 saturated heterocycles. The van der Waals surface area contributed by atoms with E-state index in [1.54, 1.807) is 0 Å². The molecule has 0 bridgehead atoms. The minimum atomic E-state index is -1.43. The third kappa shape index (κ3) is 28.7. The van der Waals surface area contributed by atoms with Crippen molar-refractivity contribution < 1.29 is 25.2 Å². The van der Waals surface area contributed by atoms with Crippen molar-refractivity contribution in [3.8, 4) is 0 Å². The Labute approximate surface area is 268 Å². The number of carbonyl (C=O) groups excluding carboxylic acids is 1. The predicted octanol–water partition coefficient (Wildman–Crippen LogP) is 10.1. The summed E-state index contributed by atoms with van der Waals surface area (Å²) in [6.07, 6.45) is 31.3. The van der Waals surface area contributed by atoms with Gasteiger partial charge in [0.1, 0.15) is 12.2 Å². The molecule has 0 rings (SSSR count). The molecule has 4 N–H and O–H groups in total. The second kappa shape index (κ2) is 32.9. The number of carbonyl (C=O) groups is 1. The average Bonchev–Trinajstić information content (AvgIpc) is 3.00. The molecule has 5 heteroatoms. The van der Waals surface area contributed by atoms with Gasteiger partial charge in [0.15, 0.2) is 5.78 Å². The SMILES string of the molecule is CCCCCCCCCCCCCCCCCCCC[C@@H](O)C(=O)C(O)CC(O)C(O)CCCCCCCCCCCC. The summed E-state index contributed by atoms with van der Waals surface area (Å²) in [5.41, 5.74) is 0. The van der Waals surface area contributed by atoms with Gasteiger partial charge in [-0.2, -0.15) is 0 Å². The summed E-state index contributed by atoms with van der Waals surface area (Å²) in [5.74, 6) is -0.628. The van der Waals surface area contributed by atoms with Crippen LogP contribution in [-0.4, -0.2) is 50.6 Å². The first-order valence-electron chi connectivity index (χ1n) is 19.2. The largest absolute Gasteiger partial charge is 0.390 e. The summed E-state index contributed by atoms with van der Waals surface area (Å²) in [7, 11) is 0. The van der Waals surface area contributed by atoms with Gasteiger partial charge in [-0.15, -0.1) is 0 Å². The predicted molar refractivity (Wildman–Crippen MR) is 184 cm³/mol. The van der Waals surface area contributed by atoms with E-state index >= 15 is 0 Å². The molecule has 0 spiro atoms.